The van der Waals surface area contributed by atoms with Crippen LogP contribution in [0, 0.1) is 0 Å². The van der Waals surface area contributed by atoms with Crippen LogP contribution < -0.4 is 5.32 Å². The van der Waals surface area contributed by atoms with Crippen LogP contribution in [0.15, 0.2) is 30.6 Å². The maximum Gasteiger partial charge on any atom is 0.253 e. The highest BCUT2D eigenvalue weighted by atomic mass is 16.5. The smallest absolute Gasteiger partial charge is 0.253 e. The van der Waals surface area contributed by atoms with Crippen LogP contribution in [0.4, 0.5) is 0 Å². The van der Waals surface area contributed by atoms with Crippen molar-refractivity contribution >= 4 is 11.8 Å². The number of carbonyl (C=O) groups excluding carboxylic acids is 2. The number of hydrogen-bond acceptors (Lipinski definition) is 5. The van der Waals surface area contributed by atoms with Gasteiger partial charge in [0.1, 0.15) is 12.9 Å². The zero-order valence-corrected chi connectivity index (χ0v) is 12.9. The molecule has 0 spiro atoms. The van der Waals surface area contributed by atoms with Crippen molar-refractivity contribution in [2.45, 2.75) is 18.6 Å². The number of benzene rings is 1. The van der Waals surface area contributed by atoms with E-state index in [1.807, 2.05) is 12.1 Å². The molecule has 8 heteroatoms. The largest absolute Gasteiger partial charge is 0.366 e. The van der Waals surface area contributed by atoms with E-state index < -0.39 is 0 Å². The molecule has 1 aromatic heterocycles. The molecule has 2 aromatic rings. The lowest BCUT2D eigenvalue weighted by atomic mass is 9.99. The molecule has 0 unspecified atom stereocenters. The van der Waals surface area contributed by atoms with E-state index >= 15 is 0 Å². The van der Waals surface area contributed by atoms with E-state index in [2.05, 4.69) is 20.5 Å². The Hall–Kier alpha value is -2.74. The molecule has 2 fully saturated rings. The summed E-state index contributed by atoms with van der Waals surface area (Å²) in [6.45, 7) is 1.18. The summed E-state index contributed by atoms with van der Waals surface area (Å²) in [6, 6.07) is 7.14. The number of amides is 2. The second-order valence-electron chi connectivity index (χ2n) is 5.98. The minimum atomic E-state index is -0.138. The number of ether oxygens (including phenoxy) is 1. The van der Waals surface area contributed by atoms with Crippen molar-refractivity contribution in [2.24, 2.45) is 0 Å². The summed E-state index contributed by atoms with van der Waals surface area (Å²) in [7, 11) is 0. The summed E-state index contributed by atoms with van der Waals surface area (Å²) >= 11 is 0. The summed E-state index contributed by atoms with van der Waals surface area (Å²) in [5, 5.41) is 9.53. The van der Waals surface area contributed by atoms with Crippen LogP contribution in [0.3, 0.4) is 0 Å². The Bertz CT molecular complexity index is 761. The van der Waals surface area contributed by atoms with Crippen LogP contribution in [-0.4, -0.2) is 63.7 Å². The zero-order valence-electron chi connectivity index (χ0n) is 12.9. The normalized spacial score (nSPS) is 23.5. The van der Waals surface area contributed by atoms with E-state index in [0.717, 1.165) is 12.0 Å². The van der Waals surface area contributed by atoms with E-state index in [4.69, 9.17) is 4.74 Å². The molecule has 2 atom stereocenters. The van der Waals surface area contributed by atoms with Crippen molar-refractivity contribution in [3.63, 3.8) is 0 Å². The van der Waals surface area contributed by atoms with Crippen LogP contribution in [-0.2, 0) is 9.53 Å². The monoisotopic (exact) mass is 327 g/mol. The van der Waals surface area contributed by atoms with Gasteiger partial charge in [0, 0.05) is 24.2 Å². The van der Waals surface area contributed by atoms with Crippen LogP contribution in [0.25, 0.3) is 11.4 Å². The molecule has 0 bridgehead atoms. The molecular weight excluding hydrogens is 310 g/mol. The Morgan fingerprint density at radius 2 is 2.29 bits per heavy atom. The molecule has 4 rings (SSSR count). The lowest BCUT2D eigenvalue weighted by Crippen LogP contribution is -2.61. The van der Waals surface area contributed by atoms with Crippen LogP contribution >= 0.6 is 0 Å². The number of carbonyl (C=O) groups is 2. The maximum absolute atomic E-state index is 12.8. The van der Waals surface area contributed by atoms with Crippen molar-refractivity contribution in [1.29, 1.82) is 0 Å². The molecule has 0 radical (unpaired) electrons. The van der Waals surface area contributed by atoms with Crippen molar-refractivity contribution in [3.8, 4) is 11.4 Å². The molecule has 24 heavy (non-hydrogen) atoms. The summed E-state index contributed by atoms with van der Waals surface area (Å²) in [6.07, 6.45) is 2.14. The van der Waals surface area contributed by atoms with E-state index in [1.165, 1.54) is 6.33 Å². The van der Waals surface area contributed by atoms with E-state index in [0.29, 0.717) is 24.5 Å². The molecule has 2 aliphatic rings. The quantitative estimate of drug-likeness (QED) is 0.821. The average molecular weight is 327 g/mol. The van der Waals surface area contributed by atoms with Gasteiger partial charge in [0.2, 0.25) is 5.91 Å². The van der Waals surface area contributed by atoms with Gasteiger partial charge in [-0.05, 0) is 18.6 Å². The first-order valence-electron chi connectivity index (χ1n) is 7.87. The third-order valence-electron chi connectivity index (χ3n) is 4.41. The summed E-state index contributed by atoms with van der Waals surface area (Å²) in [5.41, 5.74) is 1.40. The molecule has 2 N–H and O–H groups in total. The fourth-order valence-corrected chi connectivity index (χ4v) is 3.21. The number of nitrogens with zero attached hydrogens (tertiary/aromatic N) is 3. The van der Waals surface area contributed by atoms with Crippen LogP contribution in [0.2, 0.25) is 0 Å². The first-order valence-corrected chi connectivity index (χ1v) is 7.87. The second-order valence-corrected chi connectivity index (χ2v) is 5.98. The van der Waals surface area contributed by atoms with Gasteiger partial charge in [-0.1, -0.05) is 12.1 Å². The van der Waals surface area contributed by atoms with Gasteiger partial charge in [-0.2, -0.15) is 5.10 Å². The Morgan fingerprint density at radius 3 is 3.12 bits per heavy atom. The molecule has 2 aliphatic heterocycles. The van der Waals surface area contributed by atoms with Gasteiger partial charge in [0.15, 0.2) is 5.82 Å². The molecule has 124 valence electrons. The number of fused-ring (bicyclic) bond motifs is 1. The van der Waals surface area contributed by atoms with E-state index in [1.54, 1.807) is 17.0 Å². The minimum absolute atomic E-state index is 0.00715. The van der Waals surface area contributed by atoms with Crippen molar-refractivity contribution < 1.29 is 14.3 Å². The Labute approximate surface area is 138 Å². The van der Waals surface area contributed by atoms with Gasteiger partial charge >= 0.3 is 0 Å². The molecule has 0 saturated carbocycles. The first-order chi connectivity index (χ1) is 11.7. The minimum Gasteiger partial charge on any atom is -0.366 e. The van der Waals surface area contributed by atoms with Gasteiger partial charge < -0.3 is 15.0 Å². The number of morpholine rings is 1. The van der Waals surface area contributed by atoms with Gasteiger partial charge in [0.05, 0.1) is 12.1 Å². The van der Waals surface area contributed by atoms with Gasteiger partial charge in [-0.25, -0.2) is 4.98 Å². The van der Waals surface area contributed by atoms with Crippen LogP contribution in [0.1, 0.15) is 16.8 Å². The number of nitrogens with one attached hydrogen (secondary N) is 2. The molecule has 8 nitrogen and oxygen atoms in total. The third-order valence-corrected chi connectivity index (χ3v) is 4.41. The lowest BCUT2D eigenvalue weighted by Gasteiger charge is -2.41. The number of rotatable bonds is 2. The van der Waals surface area contributed by atoms with Gasteiger partial charge in [0.25, 0.3) is 5.91 Å². The summed E-state index contributed by atoms with van der Waals surface area (Å²) in [4.78, 5) is 30.2. The average Bonchev–Trinajstić information content (AvgIpc) is 3.15. The van der Waals surface area contributed by atoms with Crippen molar-refractivity contribution in [3.05, 3.63) is 36.2 Å². The fraction of sp³-hybridized carbons (Fsp3) is 0.375. The van der Waals surface area contributed by atoms with Gasteiger partial charge in [-0.3, -0.25) is 14.7 Å². The highest BCUT2D eigenvalue weighted by molar-refractivity contribution is 5.95. The number of H-pyrrole nitrogens is 1. The maximum atomic E-state index is 12.8. The molecule has 3 heterocycles. The number of aromatic nitrogens is 3. The lowest BCUT2D eigenvalue weighted by molar-refractivity contribution is -0.139. The Kier molecular flexibility index (Phi) is 3.73. The van der Waals surface area contributed by atoms with Gasteiger partial charge in [-0.15, -0.1) is 0 Å². The van der Waals surface area contributed by atoms with E-state index in [-0.39, 0.29) is 30.6 Å². The standard InChI is InChI=1S/C16H17N5O3/c22-14-8-24-13-4-5-21(7-12(13)19-14)16(23)11-3-1-2-10(6-11)15-17-9-18-20-15/h1-3,6,9,12-13H,4-5,7-8H2,(H,19,22)(H,17,18,20)/t12-,13+/m0/s1. The first kappa shape index (κ1) is 14.8. The molecule has 2 saturated heterocycles. The SMILES string of the molecule is O=C1CO[C@@H]2CCN(C(=O)c3cccc(-c4ncn[nH]4)c3)C[C@@H]2N1. The number of likely N-dealkylation sites (tertiary alicyclic amines) is 1. The predicted octanol–water partition coefficient (Wildman–Crippen LogP) is 0.201. The third kappa shape index (κ3) is 2.76. The second kappa shape index (κ2) is 6.04. The van der Waals surface area contributed by atoms with Crippen molar-refractivity contribution in [2.75, 3.05) is 19.7 Å². The Morgan fingerprint density at radius 1 is 1.38 bits per heavy atom. The molecular formula is C16H17N5O3. The molecule has 2 amide bonds. The summed E-state index contributed by atoms with van der Waals surface area (Å²) in [5.74, 6) is 0.434. The topological polar surface area (TPSA) is 100 Å². The summed E-state index contributed by atoms with van der Waals surface area (Å²) < 4.78 is 5.53. The molecule has 1 aromatic carbocycles. The number of hydrogen-bond donors (Lipinski definition) is 2. The van der Waals surface area contributed by atoms with E-state index in [9.17, 15) is 9.59 Å². The number of piperidine rings is 1. The highest BCUT2D eigenvalue weighted by Crippen LogP contribution is 2.21. The van der Waals surface area contributed by atoms with Crippen molar-refractivity contribution in [1.82, 2.24) is 25.4 Å². The fourth-order valence-electron chi connectivity index (χ4n) is 3.21. The number of aromatic amines is 1. The molecule has 0 aliphatic carbocycles. The predicted molar refractivity (Wildman–Crippen MR) is 84.0 cm³/mol. The Balaban J connectivity index is 1.52. The van der Waals surface area contributed by atoms with Crippen LogP contribution in [0.5, 0.6) is 0 Å². The zero-order chi connectivity index (χ0) is 16.5. The highest BCUT2D eigenvalue weighted by Gasteiger charge is 2.36.